The first kappa shape index (κ1) is 9.78. The third-order valence-corrected chi connectivity index (χ3v) is 1.56. The molecule has 0 aliphatic carbocycles. The predicted molar refractivity (Wildman–Crippen MR) is 52.3 cm³/mol. The average Bonchev–Trinajstić information content (AvgIpc) is 2.07. The molecule has 0 aliphatic rings. The zero-order valence-corrected chi connectivity index (χ0v) is 7.88. The fraction of sp³-hybridized carbons (Fsp3) is 0.273. The topological polar surface area (TPSA) is 9.23 Å². The monoisotopic (exact) mass is 180 g/mol. The molecule has 0 aliphatic heterocycles. The summed E-state index contributed by atoms with van der Waals surface area (Å²) in [6.45, 7) is 7.37. The molecule has 0 bridgehead atoms. The van der Waals surface area contributed by atoms with Crippen LogP contribution < -0.4 is 4.74 Å². The van der Waals surface area contributed by atoms with Crippen LogP contribution in [0.1, 0.15) is 19.4 Å². The van der Waals surface area contributed by atoms with Crippen LogP contribution in [0.15, 0.2) is 24.8 Å². The van der Waals surface area contributed by atoms with E-state index >= 15 is 0 Å². The minimum absolute atomic E-state index is 0.100. The highest BCUT2D eigenvalue weighted by Crippen LogP contribution is 2.18. The minimum atomic E-state index is -0.272. The number of halogens is 1. The molecular weight excluding hydrogens is 167 g/mol. The Balaban J connectivity index is 2.92. The van der Waals surface area contributed by atoms with Crippen molar-refractivity contribution < 1.29 is 9.13 Å². The third kappa shape index (κ3) is 2.58. The quantitative estimate of drug-likeness (QED) is 0.693. The molecule has 1 rings (SSSR count). The molecule has 13 heavy (non-hydrogen) atoms. The van der Waals surface area contributed by atoms with Crippen molar-refractivity contribution in [2.24, 2.45) is 0 Å². The first-order valence-electron chi connectivity index (χ1n) is 4.22. The molecule has 0 saturated heterocycles. The fourth-order valence-electron chi connectivity index (χ4n) is 1.02. The lowest BCUT2D eigenvalue weighted by atomic mass is 10.2. The van der Waals surface area contributed by atoms with E-state index in [1.807, 2.05) is 13.8 Å². The van der Waals surface area contributed by atoms with E-state index in [0.717, 1.165) is 0 Å². The number of ether oxygens (including phenoxy) is 1. The minimum Gasteiger partial charge on any atom is -0.491 e. The van der Waals surface area contributed by atoms with Gasteiger partial charge in [0.25, 0.3) is 0 Å². The van der Waals surface area contributed by atoms with Crippen molar-refractivity contribution in [1.29, 1.82) is 0 Å². The van der Waals surface area contributed by atoms with Crippen LogP contribution in [0.2, 0.25) is 0 Å². The highest BCUT2D eigenvalue weighted by Gasteiger charge is 2.02. The zero-order chi connectivity index (χ0) is 9.84. The summed E-state index contributed by atoms with van der Waals surface area (Å²) < 4.78 is 18.4. The Kier molecular flexibility index (Phi) is 3.07. The van der Waals surface area contributed by atoms with Gasteiger partial charge in [-0.15, -0.1) is 0 Å². The smallest absolute Gasteiger partial charge is 0.130 e. The largest absolute Gasteiger partial charge is 0.491 e. The molecule has 0 aromatic heterocycles. The maximum Gasteiger partial charge on any atom is 0.130 e. The summed E-state index contributed by atoms with van der Waals surface area (Å²) in [6, 6.07) is 4.64. The molecule has 0 fully saturated rings. The van der Waals surface area contributed by atoms with Gasteiger partial charge >= 0.3 is 0 Å². The molecule has 0 heterocycles. The summed E-state index contributed by atoms with van der Waals surface area (Å²) in [6.07, 6.45) is 1.57. The van der Waals surface area contributed by atoms with Gasteiger partial charge in [0.05, 0.1) is 6.10 Å². The van der Waals surface area contributed by atoms with Crippen LogP contribution in [-0.2, 0) is 0 Å². The Bertz CT molecular complexity index is 305. The lowest BCUT2D eigenvalue weighted by Crippen LogP contribution is -2.05. The van der Waals surface area contributed by atoms with E-state index in [0.29, 0.717) is 11.3 Å². The van der Waals surface area contributed by atoms with Crippen molar-refractivity contribution in [2.45, 2.75) is 20.0 Å². The first-order valence-corrected chi connectivity index (χ1v) is 4.22. The highest BCUT2D eigenvalue weighted by molar-refractivity contribution is 5.50. The van der Waals surface area contributed by atoms with Crippen LogP contribution in [0, 0.1) is 5.82 Å². The molecule has 1 nitrogen and oxygen atoms in total. The van der Waals surface area contributed by atoms with Crippen LogP contribution >= 0.6 is 0 Å². The Morgan fingerprint density at radius 3 is 2.69 bits per heavy atom. The maximum atomic E-state index is 13.0. The Morgan fingerprint density at radius 1 is 1.46 bits per heavy atom. The van der Waals surface area contributed by atoms with E-state index < -0.39 is 0 Å². The molecular formula is C11H13FO. The SMILES string of the molecule is C=Cc1cc(OC(C)C)ccc1F. The van der Waals surface area contributed by atoms with Gasteiger partial charge in [0, 0.05) is 5.56 Å². The van der Waals surface area contributed by atoms with Crippen molar-refractivity contribution >= 4 is 6.08 Å². The van der Waals surface area contributed by atoms with Crippen LogP contribution in [0.4, 0.5) is 4.39 Å². The molecule has 70 valence electrons. The standard InChI is InChI=1S/C11H13FO/c1-4-9-7-10(13-8(2)3)5-6-11(9)12/h4-8H,1H2,2-3H3. The lowest BCUT2D eigenvalue weighted by Gasteiger charge is -2.10. The molecule has 0 unspecified atom stereocenters. The molecule has 0 radical (unpaired) electrons. The molecule has 0 N–H and O–H groups in total. The summed E-state index contributed by atoms with van der Waals surface area (Å²) in [5.74, 6) is 0.400. The lowest BCUT2D eigenvalue weighted by molar-refractivity contribution is 0.242. The van der Waals surface area contributed by atoms with Gasteiger partial charge in [-0.3, -0.25) is 0 Å². The summed E-state index contributed by atoms with van der Waals surface area (Å²) in [7, 11) is 0. The van der Waals surface area contributed by atoms with Gasteiger partial charge in [0.15, 0.2) is 0 Å². The van der Waals surface area contributed by atoms with Gasteiger partial charge in [-0.25, -0.2) is 4.39 Å². The van der Waals surface area contributed by atoms with Crippen molar-refractivity contribution in [3.63, 3.8) is 0 Å². The summed E-state index contributed by atoms with van der Waals surface area (Å²) in [5, 5.41) is 0. The third-order valence-electron chi connectivity index (χ3n) is 1.56. The Morgan fingerprint density at radius 2 is 2.15 bits per heavy atom. The van der Waals surface area contributed by atoms with Gasteiger partial charge in [-0.1, -0.05) is 12.7 Å². The van der Waals surface area contributed by atoms with E-state index in [4.69, 9.17) is 4.74 Å². The molecule has 0 spiro atoms. The van der Waals surface area contributed by atoms with Gasteiger partial charge < -0.3 is 4.74 Å². The van der Waals surface area contributed by atoms with Crippen molar-refractivity contribution in [3.8, 4) is 5.75 Å². The molecule has 1 aromatic rings. The second-order valence-electron chi connectivity index (χ2n) is 3.05. The maximum absolute atomic E-state index is 13.0. The Hall–Kier alpha value is -1.31. The van der Waals surface area contributed by atoms with Gasteiger partial charge in [-0.05, 0) is 32.0 Å². The fourth-order valence-corrected chi connectivity index (χ4v) is 1.02. The van der Waals surface area contributed by atoms with Gasteiger partial charge in [0.2, 0.25) is 0 Å². The van der Waals surface area contributed by atoms with E-state index in [2.05, 4.69) is 6.58 Å². The van der Waals surface area contributed by atoms with Crippen molar-refractivity contribution in [1.82, 2.24) is 0 Å². The predicted octanol–water partition coefficient (Wildman–Crippen LogP) is 3.26. The van der Waals surface area contributed by atoms with E-state index in [-0.39, 0.29) is 11.9 Å². The van der Waals surface area contributed by atoms with Crippen LogP contribution in [0.3, 0.4) is 0 Å². The van der Waals surface area contributed by atoms with E-state index in [1.165, 1.54) is 12.1 Å². The van der Waals surface area contributed by atoms with Crippen molar-refractivity contribution in [3.05, 3.63) is 36.2 Å². The number of benzene rings is 1. The number of rotatable bonds is 3. The van der Waals surface area contributed by atoms with E-state index in [1.54, 1.807) is 12.1 Å². The molecule has 1 aromatic carbocycles. The van der Waals surface area contributed by atoms with Crippen molar-refractivity contribution in [2.75, 3.05) is 0 Å². The zero-order valence-electron chi connectivity index (χ0n) is 7.88. The van der Waals surface area contributed by atoms with E-state index in [9.17, 15) is 4.39 Å². The van der Waals surface area contributed by atoms with Gasteiger partial charge in [-0.2, -0.15) is 0 Å². The van der Waals surface area contributed by atoms with Crippen LogP contribution in [0.25, 0.3) is 6.08 Å². The normalized spacial score (nSPS) is 10.2. The summed E-state index contributed by atoms with van der Waals surface area (Å²) in [4.78, 5) is 0. The second kappa shape index (κ2) is 4.08. The van der Waals surface area contributed by atoms with Crippen LogP contribution in [0.5, 0.6) is 5.75 Å². The molecule has 2 heteroatoms. The number of hydrogen-bond donors (Lipinski definition) is 0. The molecule has 0 atom stereocenters. The molecule has 0 amide bonds. The highest BCUT2D eigenvalue weighted by atomic mass is 19.1. The average molecular weight is 180 g/mol. The number of hydrogen-bond acceptors (Lipinski definition) is 1. The van der Waals surface area contributed by atoms with Gasteiger partial charge in [0.1, 0.15) is 11.6 Å². The summed E-state index contributed by atoms with van der Waals surface area (Å²) >= 11 is 0. The van der Waals surface area contributed by atoms with Crippen LogP contribution in [-0.4, -0.2) is 6.10 Å². The Labute approximate surface area is 77.8 Å². The molecule has 0 saturated carbocycles. The second-order valence-corrected chi connectivity index (χ2v) is 3.05. The first-order chi connectivity index (χ1) is 6.13. The summed E-state index contributed by atoms with van der Waals surface area (Å²) in [5.41, 5.74) is 0.471.